The van der Waals surface area contributed by atoms with Gasteiger partial charge in [0.1, 0.15) is 5.52 Å². The number of amides is 2. The Morgan fingerprint density at radius 2 is 2.11 bits per heavy atom. The molecule has 2 aliphatic heterocycles. The van der Waals surface area contributed by atoms with Crippen LogP contribution in [-0.2, 0) is 9.84 Å². The van der Waals surface area contributed by atoms with Gasteiger partial charge in [0, 0.05) is 25.5 Å². The third kappa shape index (κ3) is 3.33. The number of carbonyl (C=O) groups is 1. The topological polar surface area (TPSA) is 132 Å². The van der Waals surface area contributed by atoms with E-state index in [0.29, 0.717) is 30.7 Å². The first-order valence-corrected chi connectivity index (χ1v) is 11.4. The highest BCUT2D eigenvalue weighted by molar-refractivity contribution is 7.92. The first kappa shape index (κ1) is 19.1. The van der Waals surface area contributed by atoms with Crippen LogP contribution in [0.3, 0.4) is 0 Å². The summed E-state index contributed by atoms with van der Waals surface area (Å²) in [6.07, 6.45) is 7.70. The monoisotopic (exact) mass is 407 g/mol. The van der Waals surface area contributed by atoms with Crippen LogP contribution in [0.4, 0.5) is 10.6 Å². The maximum atomic E-state index is 13.0. The SMILES string of the molecule is CS(=O)(=O)C(NC(=O)Nc1cnc2[nH]ccc2n1)(C1CCCN1)N1CCCC1. The molecule has 0 aromatic carbocycles. The maximum absolute atomic E-state index is 13.0. The largest absolute Gasteiger partial charge is 0.345 e. The number of rotatable bonds is 5. The molecule has 2 aromatic heterocycles. The number of carbonyl (C=O) groups excluding carboxylic acids is 1. The van der Waals surface area contributed by atoms with Crippen molar-refractivity contribution in [1.82, 2.24) is 30.5 Å². The zero-order chi connectivity index (χ0) is 19.8. The molecule has 2 aliphatic rings. The summed E-state index contributed by atoms with van der Waals surface area (Å²) in [6.45, 7) is 1.98. The molecule has 4 heterocycles. The third-order valence-electron chi connectivity index (χ3n) is 5.47. The standard InChI is InChI=1S/C17H25N7O3S/c1-28(26,27)17(13-5-4-7-18-13,24-9-2-3-10-24)23-16(25)22-14-11-20-15-12(21-14)6-8-19-15/h6,8,11,13,18H,2-5,7,9-10H2,1H3,(H,19,20)(H2,21,22,23,25). The smallest absolute Gasteiger partial charge is 0.322 e. The molecule has 10 nitrogen and oxygen atoms in total. The number of nitrogens with zero attached hydrogens (tertiary/aromatic N) is 3. The number of aromatic amines is 1. The van der Waals surface area contributed by atoms with Crippen LogP contribution in [0.15, 0.2) is 18.5 Å². The van der Waals surface area contributed by atoms with Crippen LogP contribution >= 0.6 is 0 Å². The zero-order valence-electron chi connectivity index (χ0n) is 15.7. The summed E-state index contributed by atoms with van der Waals surface area (Å²) in [6, 6.07) is 0.763. The van der Waals surface area contributed by atoms with Gasteiger partial charge < -0.3 is 15.6 Å². The van der Waals surface area contributed by atoms with Gasteiger partial charge in [-0.3, -0.25) is 10.2 Å². The first-order valence-electron chi connectivity index (χ1n) is 9.47. The molecule has 0 aliphatic carbocycles. The summed E-state index contributed by atoms with van der Waals surface area (Å²) in [7, 11) is -3.66. The molecule has 2 atom stereocenters. The molecule has 2 aromatic rings. The highest BCUT2D eigenvalue weighted by atomic mass is 32.2. The van der Waals surface area contributed by atoms with Gasteiger partial charge in [-0.25, -0.2) is 23.2 Å². The molecule has 0 radical (unpaired) electrons. The summed E-state index contributed by atoms with van der Waals surface area (Å²) in [5, 5.41) is 8.71. The van der Waals surface area contributed by atoms with Gasteiger partial charge in [0.25, 0.3) is 0 Å². The summed E-state index contributed by atoms with van der Waals surface area (Å²) >= 11 is 0. The second kappa shape index (κ2) is 7.30. The molecule has 0 bridgehead atoms. The molecule has 2 fully saturated rings. The van der Waals surface area contributed by atoms with Gasteiger partial charge in [-0.2, -0.15) is 0 Å². The Morgan fingerprint density at radius 1 is 1.32 bits per heavy atom. The number of aromatic nitrogens is 3. The second-order valence-electron chi connectivity index (χ2n) is 7.36. The zero-order valence-corrected chi connectivity index (χ0v) is 16.6. The van der Waals surface area contributed by atoms with Crippen molar-refractivity contribution in [1.29, 1.82) is 0 Å². The number of hydrogen-bond donors (Lipinski definition) is 4. The Bertz CT molecular complexity index is 946. The highest BCUT2D eigenvalue weighted by Crippen LogP contribution is 2.32. The van der Waals surface area contributed by atoms with Gasteiger partial charge in [-0.05, 0) is 38.3 Å². The molecule has 152 valence electrons. The van der Waals surface area contributed by atoms with Crippen molar-refractivity contribution < 1.29 is 13.2 Å². The Balaban J connectivity index is 1.63. The first-order chi connectivity index (χ1) is 13.4. The average molecular weight is 408 g/mol. The minimum absolute atomic E-state index is 0.257. The van der Waals surface area contributed by atoms with Crippen molar-refractivity contribution in [3.05, 3.63) is 18.5 Å². The summed E-state index contributed by atoms with van der Waals surface area (Å²) in [5.41, 5.74) is 1.23. The second-order valence-corrected chi connectivity index (χ2v) is 9.52. The lowest BCUT2D eigenvalue weighted by Gasteiger charge is -2.44. The summed E-state index contributed by atoms with van der Waals surface area (Å²) in [4.78, 5) is 24.7. The Labute approximate surface area is 163 Å². The van der Waals surface area contributed by atoms with Gasteiger partial charge in [0.05, 0.1) is 12.2 Å². The maximum Gasteiger partial charge on any atom is 0.322 e. The number of fused-ring (bicyclic) bond motifs is 1. The van der Waals surface area contributed by atoms with Crippen molar-refractivity contribution in [2.75, 3.05) is 31.2 Å². The van der Waals surface area contributed by atoms with Crippen LogP contribution in [0, 0.1) is 0 Å². The van der Waals surface area contributed by atoms with Crippen molar-refractivity contribution in [2.24, 2.45) is 0 Å². The number of hydrogen-bond acceptors (Lipinski definition) is 7. The summed E-state index contributed by atoms with van der Waals surface area (Å²) < 4.78 is 26.0. The van der Waals surface area contributed by atoms with Crippen LogP contribution in [0.2, 0.25) is 0 Å². The number of urea groups is 1. The summed E-state index contributed by atoms with van der Waals surface area (Å²) in [5.74, 6) is 0.257. The van der Waals surface area contributed by atoms with Gasteiger partial charge in [-0.15, -0.1) is 0 Å². The Hall–Kier alpha value is -2.24. The number of H-pyrrole nitrogens is 1. The molecule has 0 spiro atoms. The molecule has 0 saturated carbocycles. The van der Waals surface area contributed by atoms with Crippen LogP contribution in [0.5, 0.6) is 0 Å². The van der Waals surface area contributed by atoms with E-state index >= 15 is 0 Å². The normalized spacial score (nSPS) is 23.0. The predicted molar refractivity (Wildman–Crippen MR) is 105 cm³/mol. The lowest BCUT2D eigenvalue weighted by Crippen LogP contribution is -2.72. The molecule has 4 N–H and O–H groups in total. The van der Waals surface area contributed by atoms with Crippen molar-refractivity contribution in [2.45, 2.75) is 36.7 Å². The van der Waals surface area contributed by atoms with E-state index in [4.69, 9.17) is 0 Å². The fraction of sp³-hybridized carbons (Fsp3) is 0.588. The van der Waals surface area contributed by atoms with Crippen molar-refractivity contribution in [3.63, 3.8) is 0 Å². The number of likely N-dealkylation sites (tertiary alicyclic amines) is 1. The number of nitrogens with one attached hydrogen (secondary N) is 4. The number of anilines is 1. The quantitative estimate of drug-likeness (QED) is 0.571. The lowest BCUT2D eigenvalue weighted by atomic mass is 10.1. The third-order valence-corrected chi connectivity index (χ3v) is 7.24. The van der Waals surface area contributed by atoms with E-state index in [9.17, 15) is 13.2 Å². The van der Waals surface area contributed by atoms with Gasteiger partial charge >= 0.3 is 6.03 Å². The molecule has 11 heteroatoms. The van der Waals surface area contributed by atoms with Crippen molar-refractivity contribution >= 4 is 32.9 Å². The van der Waals surface area contributed by atoms with E-state index in [1.807, 2.05) is 4.90 Å². The Kier molecular flexibility index (Phi) is 4.98. The van der Waals surface area contributed by atoms with Crippen LogP contribution in [-0.4, -0.2) is 71.2 Å². The molecule has 2 saturated heterocycles. The van der Waals surface area contributed by atoms with E-state index in [1.54, 1.807) is 12.3 Å². The van der Waals surface area contributed by atoms with E-state index in [2.05, 4.69) is 30.9 Å². The molecule has 28 heavy (non-hydrogen) atoms. The minimum Gasteiger partial charge on any atom is -0.345 e. The molecule has 2 amide bonds. The highest BCUT2D eigenvalue weighted by Gasteiger charge is 2.55. The van der Waals surface area contributed by atoms with E-state index < -0.39 is 20.9 Å². The fourth-order valence-corrected chi connectivity index (χ4v) is 5.89. The predicted octanol–water partition coefficient (Wildman–Crippen LogP) is 0.626. The van der Waals surface area contributed by atoms with E-state index in [-0.39, 0.29) is 11.9 Å². The van der Waals surface area contributed by atoms with E-state index in [0.717, 1.165) is 25.8 Å². The van der Waals surface area contributed by atoms with E-state index in [1.165, 1.54) is 12.5 Å². The van der Waals surface area contributed by atoms with Gasteiger partial charge in [0.2, 0.25) is 4.99 Å². The lowest BCUT2D eigenvalue weighted by molar-refractivity contribution is 0.128. The Morgan fingerprint density at radius 3 is 2.79 bits per heavy atom. The van der Waals surface area contributed by atoms with Gasteiger partial charge in [0.15, 0.2) is 21.3 Å². The van der Waals surface area contributed by atoms with Crippen LogP contribution in [0.25, 0.3) is 11.2 Å². The molecule has 4 rings (SSSR count). The van der Waals surface area contributed by atoms with Crippen molar-refractivity contribution in [3.8, 4) is 0 Å². The minimum atomic E-state index is -3.66. The van der Waals surface area contributed by atoms with Gasteiger partial charge in [-0.1, -0.05) is 0 Å². The fourth-order valence-electron chi connectivity index (χ4n) is 4.24. The van der Waals surface area contributed by atoms with Crippen LogP contribution in [0.1, 0.15) is 25.7 Å². The van der Waals surface area contributed by atoms with Crippen LogP contribution < -0.4 is 16.0 Å². The molecule has 2 unspecified atom stereocenters. The average Bonchev–Trinajstić information content (AvgIpc) is 3.40. The number of sulfone groups is 1. The molecular weight excluding hydrogens is 382 g/mol. The molecular formula is C17H25N7O3S.